The van der Waals surface area contributed by atoms with Gasteiger partial charge in [-0.05, 0) is 53.0 Å². The van der Waals surface area contributed by atoms with Crippen LogP contribution in [-0.4, -0.2) is 23.8 Å². The van der Waals surface area contributed by atoms with Gasteiger partial charge in [-0.25, -0.2) is 4.99 Å². The predicted octanol–water partition coefficient (Wildman–Crippen LogP) is 4.26. The Bertz CT molecular complexity index is 913. The number of benzene rings is 2. The molecule has 1 amide bonds. The second-order valence-electron chi connectivity index (χ2n) is 8.09. The van der Waals surface area contributed by atoms with E-state index in [0.717, 1.165) is 11.1 Å². The minimum Gasteiger partial charge on any atom is -0.369 e. The topological polar surface area (TPSA) is 58.7 Å². The lowest BCUT2D eigenvalue weighted by Crippen LogP contribution is -2.43. The number of guanidine groups is 1. The fourth-order valence-electron chi connectivity index (χ4n) is 4.21. The molecule has 0 spiro atoms. The van der Waals surface area contributed by atoms with Crippen molar-refractivity contribution in [1.29, 1.82) is 0 Å². The maximum absolute atomic E-state index is 13.0. The Balaban J connectivity index is 1.78. The molecule has 2 aromatic carbocycles. The molecular formula is C23H27N3O. The van der Waals surface area contributed by atoms with Crippen molar-refractivity contribution >= 4 is 11.9 Å². The van der Waals surface area contributed by atoms with Gasteiger partial charge < -0.3 is 5.73 Å². The Hall–Kier alpha value is -2.62. The van der Waals surface area contributed by atoms with Gasteiger partial charge in [-0.3, -0.25) is 9.69 Å². The molecule has 1 saturated carbocycles. The number of nitrogens with zero attached hydrogens (tertiary/aromatic N) is 2. The van der Waals surface area contributed by atoms with Crippen molar-refractivity contribution in [2.24, 2.45) is 16.6 Å². The zero-order valence-corrected chi connectivity index (χ0v) is 16.3. The van der Waals surface area contributed by atoms with Crippen molar-refractivity contribution in [1.82, 2.24) is 4.90 Å². The molecule has 1 fully saturated rings. The van der Waals surface area contributed by atoms with Gasteiger partial charge in [0, 0.05) is 7.05 Å². The molecule has 27 heavy (non-hydrogen) atoms. The largest absolute Gasteiger partial charge is 0.369 e. The first-order chi connectivity index (χ1) is 12.9. The first-order valence-electron chi connectivity index (χ1n) is 9.78. The van der Waals surface area contributed by atoms with E-state index in [1.165, 1.54) is 35.3 Å². The monoisotopic (exact) mass is 361 g/mol. The van der Waals surface area contributed by atoms with E-state index in [0.29, 0.717) is 5.92 Å². The van der Waals surface area contributed by atoms with Crippen LogP contribution in [0.2, 0.25) is 0 Å². The van der Waals surface area contributed by atoms with Gasteiger partial charge in [0.15, 0.2) is 11.5 Å². The highest BCUT2D eigenvalue weighted by Gasteiger charge is 2.50. The molecule has 1 atom stereocenters. The van der Waals surface area contributed by atoms with E-state index in [-0.39, 0.29) is 17.8 Å². The highest BCUT2D eigenvalue weighted by Crippen LogP contribution is 2.41. The summed E-state index contributed by atoms with van der Waals surface area (Å²) in [6, 6.07) is 17.0. The molecule has 0 aromatic heterocycles. The summed E-state index contributed by atoms with van der Waals surface area (Å²) in [6.45, 7) is 4.05. The van der Waals surface area contributed by atoms with Crippen molar-refractivity contribution in [3.8, 4) is 11.1 Å². The molecule has 4 rings (SSSR count). The zero-order valence-electron chi connectivity index (χ0n) is 16.3. The van der Waals surface area contributed by atoms with Crippen LogP contribution in [-0.2, 0) is 10.3 Å². The Morgan fingerprint density at radius 2 is 1.78 bits per heavy atom. The van der Waals surface area contributed by atoms with Crippen molar-refractivity contribution < 1.29 is 4.79 Å². The standard InChI is InChI=1S/C23H27N3O/c1-15(2)23(21(27)26(3)22(24)25-23)20-12-6-11-19(14-20)18-10-5-9-17(13-18)16-7-4-8-16/h5-6,9-16H,4,7-8H2,1-3H3,(H2,24,25). The summed E-state index contributed by atoms with van der Waals surface area (Å²) in [5, 5.41) is 0. The molecule has 1 unspecified atom stereocenters. The van der Waals surface area contributed by atoms with Gasteiger partial charge in [-0.2, -0.15) is 0 Å². The van der Waals surface area contributed by atoms with E-state index in [9.17, 15) is 4.79 Å². The smallest absolute Gasteiger partial charge is 0.261 e. The van der Waals surface area contributed by atoms with Gasteiger partial charge in [-0.15, -0.1) is 0 Å². The van der Waals surface area contributed by atoms with Crippen LogP contribution in [0.25, 0.3) is 11.1 Å². The van der Waals surface area contributed by atoms with Gasteiger partial charge in [-0.1, -0.05) is 62.7 Å². The quantitative estimate of drug-likeness (QED) is 0.884. The molecule has 4 heteroatoms. The molecule has 0 radical (unpaired) electrons. The number of carbonyl (C=O) groups excluding carboxylic acids is 1. The lowest BCUT2D eigenvalue weighted by Gasteiger charge is -2.30. The average Bonchev–Trinajstić information content (AvgIpc) is 2.86. The van der Waals surface area contributed by atoms with Crippen LogP contribution in [0.1, 0.15) is 50.2 Å². The molecule has 0 saturated heterocycles. The van der Waals surface area contributed by atoms with E-state index in [1.807, 2.05) is 26.0 Å². The Morgan fingerprint density at radius 1 is 1.11 bits per heavy atom. The average molecular weight is 361 g/mol. The molecule has 140 valence electrons. The summed E-state index contributed by atoms with van der Waals surface area (Å²) in [5.74, 6) is 0.927. The van der Waals surface area contributed by atoms with Gasteiger partial charge >= 0.3 is 0 Å². The molecule has 4 nitrogen and oxygen atoms in total. The van der Waals surface area contributed by atoms with Gasteiger partial charge in [0.1, 0.15) is 0 Å². The Labute approximate surface area is 161 Å². The molecule has 2 aliphatic rings. The summed E-state index contributed by atoms with van der Waals surface area (Å²) >= 11 is 0. The molecular weight excluding hydrogens is 334 g/mol. The first-order valence-corrected chi connectivity index (χ1v) is 9.78. The van der Waals surface area contributed by atoms with E-state index in [4.69, 9.17) is 5.73 Å². The fraction of sp³-hybridized carbons (Fsp3) is 0.391. The normalized spacial score (nSPS) is 22.9. The van der Waals surface area contributed by atoms with Crippen LogP contribution in [0.15, 0.2) is 53.5 Å². The number of rotatable bonds is 4. The summed E-state index contributed by atoms with van der Waals surface area (Å²) in [7, 11) is 1.69. The number of likely N-dealkylation sites (N-methyl/N-ethyl adjacent to an activating group) is 1. The van der Waals surface area contributed by atoms with Gasteiger partial charge in [0.25, 0.3) is 5.91 Å². The maximum atomic E-state index is 13.0. The molecule has 1 aliphatic carbocycles. The summed E-state index contributed by atoms with van der Waals surface area (Å²) in [6.07, 6.45) is 3.90. The Kier molecular flexibility index (Phi) is 4.29. The van der Waals surface area contributed by atoms with Crippen LogP contribution in [0.5, 0.6) is 0 Å². The molecule has 0 bridgehead atoms. The first kappa shape index (κ1) is 17.8. The van der Waals surface area contributed by atoms with Crippen LogP contribution >= 0.6 is 0 Å². The minimum atomic E-state index is -0.944. The third-order valence-corrected chi connectivity index (χ3v) is 6.20. The fourth-order valence-corrected chi connectivity index (χ4v) is 4.21. The van der Waals surface area contributed by atoms with Gasteiger partial charge in [0.05, 0.1) is 0 Å². The number of hydrogen-bond donors (Lipinski definition) is 1. The third kappa shape index (κ3) is 2.75. The van der Waals surface area contributed by atoms with Crippen LogP contribution in [0, 0.1) is 5.92 Å². The third-order valence-electron chi connectivity index (χ3n) is 6.20. The maximum Gasteiger partial charge on any atom is 0.261 e. The number of amides is 1. The van der Waals surface area contributed by atoms with Crippen molar-refractivity contribution in [2.75, 3.05) is 7.05 Å². The zero-order chi connectivity index (χ0) is 19.2. The lowest BCUT2D eigenvalue weighted by molar-refractivity contribution is -0.132. The lowest BCUT2D eigenvalue weighted by atomic mass is 9.78. The number of carbonyl (C=O) groups is 1. The SMILES string of the molecule is CC(C)C1(c2cccc(-c3cccc(C4CCC4)c3)c2)N=C(N)N(C)C1=O. The van der Waals surface area contributed by atoms with E-state index >= 15 is 0 Å². The number of hydrogen-bond acceptors (Lipinski definition) is 3. The van der Waals surface area contributed by atoms with Crippen molar-refractivity contribution in [2.45, 2.75) is 44.6 Å². The summed E-state index contributed by atoms with van der Waals surface area (Å²) in [5.41, 5.74) is 9.68. The molecule has 1 heterocycles. The van der Waals surface area contributed by atoms with E-state index in [1.54, 1.807) is 7.05 Å². The summed E-state index contributed by atoms with van der Waals surface area (Å²) < 4.78 is 0. The minimum absolute atomic E-state index is 0.00469. The van der Waals surface area contributed by atoms with E-state index in [2.05, 4.69) is 41.4 Å². The second kappa shape index (κ2) is 6.52. The Morgan fingerprint density at radius 3 is 2.33 bits per heavy atom. The van der Waals surface area contributed by atoms with Crippen molar-refractivity contribution in [3.63, 3.8) is 0 Å². The predicted molar refractivity (Wildman–Crippen MR) is 109 cm³/mol. The second-order valence-corrected chi connectivity index (χ2v) is 8.09. The van der Waals surface area contributed by atoms with E-state index < -0.39 is 5.54 Å². The van der Waals surface area contributed by atoms with Crippen LogP contribution in [0.3, 0.4) is 0 Å². The van der Waals surface area contributed by atoms with Crippen LogP contribution in [0.4, 0.5) is 0 Å². The number of aliphatic imine (C=N–C) groups is 1. The highest BCUT2D eigenvalue weighted by atomic mass is 16.2. The van der Waals surface area contributed by atoms with Crippen LogP contribution < -0.4 is 5.73 Å². The molecule has 2 N–H and O–H groups in total. The molecule has 1 aliphatic heterocycles. The van der Waals surface area contributed by atoms with Crippen molar-refractivity contribution in [3.05, 3.63) is 59.7 Å². The molecule has 2 aromatic rings. The number of nitrogens with two attached hydrogens (primary N) is 1. The highest BCUT2D eigenvalue weighted by molar-refractivity contribution is 6.07. The van der Waals surface area contributed by atoms with Gasteiger partial charge in [0.2, 0.25) is 0 Å². The summed E-state index contributed by atoms with van der Waals surface area (Å²) in [4.78, 5) is 19.1.